The second-order valence-electron chi connectivity index (χ2n) is 11.2. The minimum absolute atomic E-state index is 0.0226. The molecule has 2 aromatic carbocycles. The van der Waals surface area contributed by atoms with Crippen molar-refractivity contribution in [2.24, 2.45) is 11.7 Å². The molecule has 1 saturated heterocycles. The maximum absolute atomic E-state index is 13.3. The molecule has 0 radical (unpaired) electrons. The topological polar surface area (TPSA) is 136 Å². The summed E-state index contributed by atoms with van der Waals surface area (Å²) < 4.78 is 28.9. The van der Waals surface area contributed by atoms with Crippen molar-refractivity contribution in [3.8, 4) is 11.1 Å². The van der Waals surface area contributed by atoms with Crippen LogP contribution in [-0.4, -0.2) is 61.2 Å². The predicted molar refractivity (Wildman–Crippen MR) is 143 cm³/mol. The number of hydrogen-bond acceptors (Lipinski definition) is 6. The quantitative estimate of drug-likeness (QED) is 0.553. The predicted octanol–water partition coefficient (Wildman–Crippen LogP) is 3.06. The van der Waals surface area contributed by atoms with Crippen LogP contribution in [0.5, 0.6) is 0 Å². The summed E-state index contributed by atoms with van der Waals surface area (Å²) in [6, 6.07) is 12.3. The Balaban J connectivity index is 1.45. The molecule has 1 saturated carbocycles. The molecule has 2 fully saturated rings. The number of amides is 3. The van der Waals surface area contributed by atoms with Gasteiger partial charge in [0, 0.05) is 18.7 Å². The van der Waals surface area contributed by atoms with Crippen LogP contribution in [0, 0.1) is 5.92 Å². The van der Waals surface area contributed by atoms with Gasteiger partial charge in [0.05, 0.1) is 4.90 Å². The number of nitrogens with one attached hydrogen (secondary N) is 1. The summed E-state index contributed by atoms with van der Waals surface area (Å²) in [5, 5.41) is 2.79. The summed E-state index contributed by atoms with van der Waals surface area (Å²) in [6.45, 7) is 5.36. The van der Waals surface area contributed by atoms with Crippen molar-refractivity contribution in [1.82, 2.24) is 10.2 Å². The molecule has 3 N–H and O–H groups in total. The molecule has 38 heavy (non-hydrogen) atoms. The van der Waals surface area contributed by atoms with Gasteiger partial charge in [-0.15, -0.1) is 0 Å². The third kappa shape index (κ3) is 6.18. The Kier molecular flexibility index (Phi) is 7.56. The summed E-state index contributed by atoms with van der Waals surface area (Å²) in [5.74, 6) is -1.03. The molecule has 2 aliphatic rings. The van der Waals surface area contributed by atoms with Gasteiger partial charge in [0.1, 0.15) is 17.7 Å². The van der Waals surface area contributed by atoms with Gasteiger partial charge in [-0.1, -0.05) is 36.4 Å². The SMILES string of the molecule is CC(C)(C)OC(=O)N1C2CCC(C2)C1C(=O)NC(Cc1ccc(-c2ccc(S(C)(=O)=O)cc2)cc1)C(N)=O. The fourth-order valence-electron chi connectivity index (χ4n) is 5.35. The minimum Gasteiger partial charge on any atom is -0.444 e. The van der Waals surface area contributed by atoms with E-state index in [9.17, 15) is 22.8 Å². The summed E-state index contributed by atoms with van der Waals surface area (Å²) in [7, 11) is -3.27. The van der Waals surface area contributed by atoms with Gasteiger partial charge in [0.25, 0.3) is 0 Å². The van der Waals surface area contributed by atoms with E-state index >= 15 is 0 Å². The summed E-state index contributed by atoms with van der Waals surface area (Å²) in [6.07, 6.45) is 3.26. The first-order valence-corrected chi connectivity index (χ1v) is 14.6. The summed E-state index contributed by atoms with van der Waals surface area (Å²) in [5.41, 5.74) is 7.49. The van der Waals surface area contributed by atoms with Crippen LogP contribution in [0.3, 0.4) is 0 Å². The van der Waals surface area contributed by atoms with E-state index in [4.69, 9.17) is 10.5 Å². The van der Waals surface area contributed by atoms with Crippen molar-refractivity contribution >= 4 is 27.7 Å². The molecule has 4 unspecified atom stereocenters. The molecule has 3 amide bonds. The second-order valence-corrected chi connectivity index (χ2v) is 13.2. The maximum atomic E-state index is 13.3. The molecule has 0 aromatic heterocycles. The van der Waals surface area contributed by atoms with Gasteiger partial charge in [-0.3, -0.25) is 14.5 Å². The number of fused-ring (bicyclic) bond motifs is 2. The van der Waals surface area contributed by atoms with Crippen LogP contribution < -0.4 is 11.1 Å². The molecule has 1 heterocycles. The summed E-state index contributed by atoms with van der Waals surface area (Å²) >= 11 is 0. The van der Waals surface area contributed by atoms with Gasteiger partial charge < -0.3 is 15.8 Å². The van der Waals surface area contributed by atoms with Gasteiger partial charge in [-0.05, 0) is 74.8 Å². The number of sulfone groups is 1. The average Bonchev–Trinajstić information content (AvgIpc) is 3.44. The lowest BCUT2D eigenvalue weighted by atomic mass is 9.96. The van der Waals surface area contributed by atoms with Crippen LogP contribution in [0.25, 0.3) is 11.1 Å². The van der Waals surface area contributed by atoms with Crippen molar-refractivity contribution in [2.45, 2.75) is 75.1 Å². The monoisotopic (exact) mass is 541 g/mol. The highest BCUT2D eigenvalue weighted by Crippen LogP contribution is 2.43. The standard InChI is InChI=1S/C28H35N3O6S/c1-28(2,3)37-27(34)31-21-12-9-20(16-21)24(31)26(33)30-23(25(29)32)15-17-5-7-18(8-6-17)19-10-13-22(14-11-19)38(4,35)36/h5-8,10-11,13-14,20-21,23-24H,9,12,15-16H2,1-4H3,(H2,29,32)(H,30,33). The first-order chi connectivity index (χ1) is 17.7. The Morgan fingerprint density at radius 2 is 1.61 bits per heavy atom. The molecular weight excluding hydrogens is 506 g/mol. The Morgan fingerprint density at radius 1 is 1.03 bits per heavy atom. The number of hydrogen-bond donors (Lipinski definition) is 2. The average molecular weight is 542 g/mol. The van der Waals surface area contributed by atoms with E-state index in [1.165, 1.54) is 4.90 Å². The minimum atomic E-state index is -3.27. The lowest BCUT2D eigenvalue weighted by molar-refractivity contribution is -0.132. The Hall–Kier alpha value is -3.40. The highest BCUT2D eigenvalue weighted by molar-refractivity contribution is 7.90. The van der Waals surface area contributed by atoms with Crippen molar-refractivity contribution in [3.63, 3.8) is 0 Å². The second kappa shape index (κ2) is 10.4. The molecule has 4 rings (SSSR count). The number of rotatable bonds is 7. The molecular formula is C28H35N3O6S. The van der Waals surface area contributed by atoms with E-state index in [1.54, 1.807) is 45.0 Å². The molecule has 10 heteroatoms. The van der Waals surface area contributed by atoms with Gasteiger partial charge in [-0.25, -0.2) is 13.2 Å². The van der Waals surface area contributed by atoms with E-state index in [2.05, 4.69) is 5.32 Å². The van der Waals surface area contributed by atoms with Crippen molar-refractivity contribution in [1.29, 1.82) is 0 Å². The number of ether oxygens (including phenoxy) is 1. The van der Waals surface area contributed by atoms with Crippen LogP contribution in [0.1, 0.15) is 45.6 Å². The van der Waals surface area contributed by atoms with Gasteiger partial charge in [-0.2, -0.15) is 0 Å². The highest BCUT2D eigenvalue weighted by atomic mass is 32.2. The molecule has 2 aromatic rings. The van der Waals surface area contributed by atoms with Crippen LogP contribution in [0.15, 0.2) is 53.4 Å². The number of carbonyl (C=O) groups is 3. The van der Waals surface area contributed by atoms with Crippen LogP contribution >= 0.6 is 0 Å². The smallest absolute Gasteiger partial charge is 0.411 e. The number of piperidine rings is 1. The van der Waals surface area contributed by atoms with Crippen molar-refractivity contribution < 1.29 is 27.5 Å². The first kappa shape index (κ1) is 27.6. The Labute approximate surface area is 223 Å². The largest absolute Gasteiger partial charge is 0.444 e. The van der Waals surface area contributed by atoms with Crippen molar-refractivity contribution in [2.75, 3.05) is 6.26 Å². The maximum Gasteiger partial charge on any atom is 0.411 e. The molecule has 9 nitrogen and oxygen atoms in total. The fraction of sp³-hybridized carbons (Fsp3) is 0.464. The molecule has 1 aliphatic carbocycles. The normalized spacial score (nSPS) is 21.7. The molecule has 204 valence electrons. The van der Waals surface area contributed by atoms with Gasteiger partial charge in [0.2, 0.25) is 11.8 Å². The first-order valence-electron chi connectivity index (χ1n) is 12.7. The number of nitrogens with two attached hydrogens (primary N) is 1. The van der Waals surface area contributed by atoms with Crippen molar-refractivity contribution in [3.05, 3.63) is 54.1 Å². The Morgan fingerprint density at radius 3 is 2.13 bits per heavy atom. The number of nitrogens with zero attached hydrogens (tertiary/aromatic N) is 1. The zero-order valence-electron chi connectivity index (χ0n) is 22.1. The van der Waals surface area contributed by atoms with E-state index in [1.807, 2.05) is 24.3 Å². The number of primary amides is 1. The number of carbonyl (C=O) groups excluding carboxylic acids is 3. The van der Waals surface area contributed by atoms with Gasteiger partial charge >= 0.3 is 6.09 Å². The molecule has 0 spiro atoms. The summed E-state index contributed by atoms with van der Waals surface area (Å²) in [4.78, 5) is 40.3. The fourth-order valence-corrected chi connectivity index (χ4v) is 5.98. The van der Waals surface area contributed by atoms with E-state index < -0.39 is 45.4 Å². The third-order valence-electron chi connectivity index (χ3n) is 7.13. The lowest BCUT2D eigenvalue weighted by Crippen LogP contribution is -2.57. The molecule has 4 atom stereocenters. The van der Waals surface area contributed by atoms with Crippen LogP contribution in [-0.2, 0) is 30.6 Å². The number of likely N-dealkylation sites (tertiary alicyclic amines) is 1. The highest BCUT2D eigenvalue weighted by Gasteiger charge is 2.52. The zero-order chi connectivity index (χ0) is 27.8. The lowest BCUT2D eigenvalue weighted by Gasteiger charge is -2.36. The van der Waals surface area contributed by atoms with E-state index in [0.717, 1.165) is 42.2 Å². The Bertz CT molecular complexity index is 1320. The van der Waals surface area contributed by atoms with Gasteiger partial charge in [0.15, 0.2) is 9.84 Å². The van der Waals surface area contributed by atoms with Crippen LogP contribution in [0.2, 0.25) is 0 Å². The van der Waals surface area contributed by atoms with E-state index in [-0.39, 0.29) is 23.3 Å². The zero-order valence-corrected chi connectivity index (χ0v) is 23.0. The molecule has 2 bridgehead atoms. The third-order valence-corrected chi connectivity index (χ3v) is 8.26. The van der Waals surface area contributed by atoms with Crippen LogP contribution in [0.4, 0.5) is 4.79 Å². The molecule has 1 aliphatic heterocycles. The number of benzene rings is 2. The van der Waals surface area contributed by atoms with E-state index in [0.29, 0.717) is 0 Å².